The van der Waals surface area contributed by atoms with Gasteiger partial charge in [-0.1, -0.05) is 18.5 Å². The zero-order valence-corrected chi connectivity index (χ0v) is 19.0. The average Bonchev–Trinajstić information content (AvgIpc) is 3.18. The minimum Gasteiger partial charge on any atom is -0.444 e. The Labute approximate surface area is 186 Å². The summed E-state index contributed by atoms with van der Waals surface area (Å²) in [5.41, 5.74) is 0.447. The van der Waals surface area contributed by atoms with Crippen molar-refractivity contribution in [1.82, 2.24) is 25.2 Å². The van der Waals surface area contributed by atoms with Gasteiger partial charge in [0.2, 0.25) is 0 Å². The number of nitrogens with one attached hydrogen (secondary N) is 1. The van der Waals surface area contributed by atoms with Gasteiger partial charge >= 0.3 is 6.09 Å². The number of alkyl carbamates (subject to hydrolysis) is 1. The number of fused-ring (bicyclic) bond motifs is 2. The van der Waals surface area contributed by atoms with E-state index in [9.17, 15) is 9.59 Å². The highest BCUT2D eigenvalue weighted by molar-refractivity contribution is 6.31. The number of amides is 2. The summed E-state index contributed by atoms with van der Waals surface area (Å²) in [4.78, 5) is 29.4. The van der Waals surface area contributed by atoms with E-state index in [1.54, 1.807) is 30.6 Å². The summed E-state index contributed by atoms with van der Waals surface area (Å²) in [6, 6.07) is 5.15. The Hall–Kier alpha value is -2.61. The predicted molar refractivity (Wildman–Crippen MR) is 116 cm³/mol. The second-order valence-corrected chi connectivity index (χ2v) is 9.82. The van der Waals surface area contributed by atoms with Gasteiger partial charge in [0.05, 0.1) is 29.7 Å². The van der Waals surface area contributed by atoms with Crippen LogP contribution in [0.2, 0.25) is 5.02 Å². The first kappa shape index (κ1) is 21.6. The molecule has 2 atom stereocenters. The molecule has 8 nitrogen and oxygen atoms in total. The summed E-state index contributed by atoms with van der Waals surface area (Å²) in [7, 11) is 0. The van der Waals surface area contributed by atoms with Crippen molar-refractivity contribution in [2.75, 3.05) is 6.54 Å². The molecule has 1 aliphatic carbocycles. The van der Waals surface area contributed by atoms with Crippen LogP contribution < -0.4 is 5.32 Å². The smallest absolute Gasteiger partial charge is 0.407 e. The van der Waals surface area contributed by atoms with Crippen molar-refractivity contribution in [3.63, 3.8) is 0 Å². The highest BCUT2D eigenvalue weighted by atomic mass is 35.5. The first-order valence-electron chi connectivity index (χ1n) is 10.6. The van der Waals surface area contributed by atoms with E-state index in [4.69, 9.17) is 16.3 Å². The first-order valence-corrected chi connectivity index (χ1v) is 11.0. The van der Waals surface area contributed by atoms with E-state index in [-0.39, 0.29) is 23.9 Å². The van der Waals surface area contributed by atoms with Gasteiger partial charge in [-0.05, 0) is 63.6 Å². The van der Waals surface area contributed by atoms with Crippen LogP contribution in [-0.2, 0) is 4.74 Å². The van der Waals surface area contributed by atoms with Crippen LogP contribution in [0.15, 0.2) is 30.6 Å². The van der Waals surface area contributed by atoms with Crippen LogP contribution in [0, 0.1) is 11.8 Å². The molecule has 1 saturated carbocycles. The number of rotatable bonds is 4. The number of nitrogens with zero attached hydrogens (tertiary/aromatic N) is 4. The molecule has 1 N–H and O–H groups in total. The van der Waals surface area contributed by atoms with Crippen LogP contribution in [0.3, 0.4) is 0 Å². The average molecular weight is 446 g/mol. The topological polar surface area (TPSA) is 89.4 Å². The van der Waals surface area contributed by atoms with Crippen molar-refractivity contribution in [2.24, 2.45) is 11.8 Å². The molecule has 31 heavy (non-hydrogen) atoms. The van der Waals surface area contributed by atoms with Gasteiger partial charge in [0.15, 0.2) is 0 Å². The Morgan fingerprint density at radius 3 is 2.55 bits per heavy atom. The second-order valence-electron chi connectivity index (χ2n) is 9.39. The lowest BCUT2D eigenvalue weighted by molar-refractivity contribution is -0.0544. The van der Waals surface area contributed by atoms with E-state index in [1.807, 2.05) is 25.7 Å². The number of carbonyl (C=O) groups excluding carboxylic acids is 2. The van der Waals surface area contributed by atoms with E-state index in [0.29, 0.717) is 28.7 Å². The van der Waals surface area contributed by atoms with Gasteiger partial charge in [0.1, 0.15) is 5.60 Å². The molecular weight excluding hydrogens is 418 g/mol. The zero-order chi connectivity index (χ0) is 22.3. The van der Waals surface area contributed by atoms with Crippen LogP contribution in [-0.4, -0.2) is 56.1 Å². The highest BCUT2D eigenvalue weighted by Gasteiger charge is 2.51. The normalized spacial score (nSPS) is 25.0. The molecule has 2 bridgehead atoms. The summed E-state index contributed by atoms with van der Waals surface area (Å²) in [6.45, 7) is 7.96. The third-order valence-electron chi connectivity index (χ3n) is 6.16. The molecule has 3 aliphatic rings. The zero-order valence-electron chi connectivity index (χ0n) is 18.2. The molecule has 3 heterocycles. The van der Waals surface area contributed by atoms with Crippen LogP contribution >= 0.6 is 11.6 Å². The molecule has 166 valence electrons. The Morgan fingerprint density at radius 2 is 1.90 bits per heavy atom. The molecule has 1 aromatic heterocycles. The summed E-state index contributed by atoms with van der Waals surface area (Å²) >= 11 is 6.24. The third kappa shape index (κ3) is 4.39. The number of halogens is 1. The Balaban J connectivity index is 1.60. The molecule has 2 unspecified atom stereocenters. The first-order chi connectivity index (χ1) is 14.6. The van der Waals surface area contributed by atoms with E-state index in [1.165, 1.54) is 4.80 Å². The monoisotopic (exact) mass is 445 g/mol. The number of hydrogen-bond acceptors (Lipinski definition) is 5. The highest BCUT2D eigenvalue weighted by Crippen LogP contribution is 2.47. The maximum absolute atomic E-state index is 13.8. The molecule has 2 saturated heterocycles. The lowest BCUT2D eigenvalue weighted by Crippen LogP contribution is -2.65. The van der Waals surface area contributed by atoms with Crippen LogP contribution in [0.5, 0.6) is 0 Å². The van der Waals surface area contributed by atoms with Gasteiger partial charge in [0.25, 0.3) is 5.91 Å². The maximum atomic E-state index is 13.8. The molecular formula is C22H28ClN5O3. The van der Waals surface area contributed by atoms with E-state index in [2.05, 4.69) is 22.4 Å². The Bertz CT molecular complexity index is 966. The fourth-order valence-corrected chi connectivity index (χ4v) is 4.73. The van der Waals surface area contributed by atoms with Crippen molar-refractivity contribution in [3.8, 4) is 5.69 Å². The SMILES string of the molecule is CC1C2CC(C2)N(C(=O)c2cc(Cl)ccc2-n2nccn2)C1CNC(=O)OC(C)(C)C. The minimum absolute atomic E-state index is 0.124. The summed E-state index contributed by atoms with van der Waals surface area (Å²) in [5.74, 6) is 0.696. The number of aromatic nitrogens is 3. The molecule has 2 aromatic rings. The van der Waals surface area contributed by atoms with Crippen LogP contribution in [0.4, 0.5) is 4.79 Å². The number of benzene rings is 1. The summed E-state index contributed by atoms with van der Waals surface area (Å²) in [5, 5.41) is 11.7. The number of carbonyl (C=O) groups is 2. The Morgan fingerprint density at radius 1 is 1.23 bits per heavy atom. The Kier molecular flexibility index (Phi) is 5.68. The van der Waals surface area contributed by atoms with Gasteiger partial charge in [0, 0.05) is 17.6 Å². The van der Waals surface area contributed by atoms with Gasteiger partial charge < -0.3 is 15.0 Å². The standard InChI is InChI=1S/C22H28ClN5O3/c1-13-14-9-16(10-14)27(19(13)12-24-21(30)31-22(2,3)4)20(29)17-11-15(23)5-6-18(17)28-25-7-8-26-28/h5-8,11,13-14,16,19H,9-10,12H2,1-4H3,(H,24,30). The second kappa shape index (κ2) is 8.15. The van der Waals surface area contributed by atoms with E-state index in [0.717, 1.165) is 12.8 Å². The molecule has 2 aliphatic heterocycles. The molecule has 1 aromatic carbocycles. The quantitative estimate of drug-likeness (QED) is 0.775. The van der Waals surface area contributed by atoms with Crippen molar-refractivity contribution in [3.05, 3.63) is 41.2 Å². The van der Waals surface area contributed by atoms with E-state index < -0.39 is 11.7 Å². The van der Waals surface area contributed by atoms with Gasteiger partial charge in [-0.3, -0.25) is 4.79 Å². The number of piperidine rings is 2. The van der Waals surface area contributed by atoms with Crippen LogP contribution in [0.1, 0.15) is 50.9 Å². The van der Waals surface area contributed by atoms with Crippen molar-refractivity contribution in [2.45, 2.75) is 58.2 Å². The fraction of sp³-hybridized carbons (Fsp3) is 0.545. The fourth-order valence-electron chi connectivity index (χ4n) is 4.56. The predicted octanol–water partition coefficient (Wildman–Crippen LogP) is 3.68. The van der Waals surface area contributed by atoms with Gasteiger partial charge in [-0.2, -0.15) is 15.0 Å². The summed E-state index contributed by atoms with van der Waals surface area (Å²) < 4.78 is 5.38. The van der Waals surface area contributed by atoms with Crippen LogP contribution in [0.25, 0.3) is 5.69 Å². The minimum atomic E-state index is -0.577. The van der Waals surface area contributed by atoms with Gasteiger partial charge in [-0.15, -0.1) is 0 Å². The largest absolute Gasteiger partial charge is 0.444 e. The van der Waals surface area contributed by atoms with Gasteiger partial charge in [-0.25, -0.2) is 4.79 Å². The van der Waals surface area contributed by atoms with Crippen molar-refractivity contribution < 1.29 is 14.3 Å². The molecule has 9 heteroatoms. The molecule has 0 radical (unpaired) electrons. The lowest BCUT2D eigenvalue weighted by Gasteiger charge is -2.57. The van der Waals surface area contributed by atoms with E-state index >= 15 is 0 Å². The van der Waals surface area contributed by atoms with Crippen molar-refractivity contribution >= 4 is 23.6 Å². The number of hydrogen-bond donors (Lipinski definition) is 1. The third-order valence-corrected chi connectivity index (χ3v) is 6.40. The lowest BCUT2D eigenvalue weighted by atomic mass is 9.64. The molecule has 0 spiro atoms. The molecule has 3 fully saturated rings. The number of ether oxygens (including phenoxy) is 1. The molecule has 2 amide bonds. The van der Waals surface area contributed by atoms with Crippen molar-refractivity contribution in [1.29, 1.82) is 0 Å². The maximum Gasteiger partial charge on any atom is 0.407 e. The molecule has 5 rings (SSSR count). The summed E-state index contributed by atoms with van der Waals surface area (Å²) in [6.07, 6.45) is 4.61.